The van der Waals surface area contributed by atoms with Crippen LogP contribution in [0.2, 0.25) is 0 Å². The maximum atomic E-state index is 8.94. The Morgan fingerprint density at radius 2 is 2.07 bits per heavy atom. The van der Waals surface area contributed by atoms with Crippen LogP contribution in [-0.4, -0.2) is 31.3 Å². The second kappa shape index (κ2) is 5.83. The van der Waals surface area contributed by atoms with Gasteiger partial charge in [0.05, 0.1) is 0 Å². The zero-order chi connectivity index (χ0) is 11.3. The van der Waals surface area contributed by atoms with Crippen LogP contribution in [0.1, 0.15) is 33.1 Å². The van der Waals surface area contributed by atoms with E-state index in [1.54, 1.807) is 0 Å². The van der Waals surface area contributed by atoms with Crippen molar-refractivity contribution in [3.8, 4) is 0 Å². The van der Waals surface area contributed by atoms with Crippen LogP contribution in [0.5, 0.6) is 0 Å². The molecule has 1 atom stereocenters. The highest BCUT2D eigenvalue weighted by molar-refractivity contribution is 4.94. The molecule has 0 aromatic rings. The van der Waals surface area contributed by atoms with E-state index in [0.717, 1.165) is 26.1 Å². The van der Waals surface area contributed by atoms with Gasteiger partial charge in [0.2, 0.25) is 0 Å². The quantitative estimate of drug-likeness (QED) is 0.564. The lowest BCUT2D eigenvalue weighted by atomic mass is 9.95. The molecule has 0 saturated heterocycles. The van der Waals surface area contributed by atoms with Crippen molar-refractivity contribution in [2.45, 2.75) is 33.1 Å². The molecule has 0 aliphatic heterocycles. The van der Waals surface area contributed by atoms with Crippen LogP contribution in [0.4, 0.5) is 0 Å². The first-order chi connectivity index (χ1) is 7.13. The van der Waals surface area contributed by atoms with Crippen molar-refractivity contribution >= 4 is 0 Å². The van der Waals surface area contributed by atoms with Gasteiger partial charge in [-0.05, 0) is 49.6 Å². The minimum atomic E-state index is 0.326. The second-order valence-electron chi connectivity index (χ2n) is 5.34. The van der Waals surface area contributed by atoms with Gasteiger partial charge in [0, 0.05) is 13.2 Å². The molecule has 0 heterocycles. The van der Waals surface area contributed by atoms with Gasteiger partial charge in [-0.2, -0.15) is 0 Å². The number of aliphatic hydroxyl groups excluding tert-OH is 1. The monoisotopic (exact) mass is 214 g/mol. The Bertz CT molecular complexity index is 178. The Morgan fingerprint density at radius 1 is 1.40 bits per heavy atom. The van der Waals surface area contributed by atoms with Gasteiger partial charge >= 0.3 is 0 Å². The Kier molecular flexibility index (Phi) is 5.03. The Morgan fingerprint density at radius 3 is 2.47 bits per heavy atom. The van der Waals surface area contributed by atoms with Crippen LogP contribution in [0.25, 0.3) is 0 Å². The minimum Gasteiger partial charge on any atom is -0.396 e. The average Bonchev–Trinajstić information content (AvgIpc) is 2.93. The van der Waals surface area contributed by atoms with E-state index in [4.69, 9.17) is 10.8 Å². The maximum absolute atomic E-state index is 8.94. The lowest BCUT2D eigenvalue weighted by molar-refractivity contribution is 0.242. The lowest BCUT2D eigenvalue weighted by Crippen LogP contribution is -2.35. The Hall–Kier alpha value is -0.120. The fraction of sp³-hybridized carbons (Fsp3) is 1.00. The van der Waals surface area contributed by atoms with Crippen LogP contribution in [0, 0.1) is 17.3 Å². The van der Waals surface area contributed by atoms with Crippen LogP contribution >= 0.6 is 0 Å². The third kappa shape index (κ3) is 4.09. The van der Waals surface area contributed by atoms with Gasteiger partial charge in [0.15, 0.2) is 0 Å². The predicted molar refractivity (Wildman–Crippen MR) is 63.6 cm³/mol. The molecule has 1 fully saturated rings. The SMILES string of the molecule is CC(C)C(CN)CNCC1(CCO)CC1. The molecule has 4 N–H and O–H groups in total. The number of rotatable bonds is 8. The zero-order valence-corrected chi connectivity index (χ0v) is 10.1. The van der Waals surface area contributed by atoms with Gasteiger partial charge in [0.1, 0.15) is 0 Å². The molecular formula is C12H26N2O. The summed E-state index contributed by atoms with van der Waals surface area (Å²) in [6, 6.07) is 0. The van der Waals surface area contributed by atoms with E-state index in [1.165, 1.54) is 12.8 Å². The Balaban J connectivity index is 2.15. The fourth-order valence-electron chi connectivity index (χ4n) is 2.04. The van der Waals surface area contributed by atoms with Crippen molar-refractivity contribution < 1.29 is 5.11 Å². The van der Waals surface area contributed by atoms with E-state index >= 15 is 0 Å². The van der Waals surface area contributed by atoms with E-state index < -0.39 is 0 Å². The zero-order valence-electron chi connectivity index (χ0n) is 10.1. The molecule has 15 heavy (non-hydrogen) atoms. The van der Waals surface area contributed by atoms with Crippen molar-refractivity contribution in [3.05, 3.63) is 0 Å². The summed E-state index contributed by atoms with van der Waals surface area (Å²) in [5.74, 6) is 1.23. The fourth-order valence-corrected chi connectivity index (χ4v) is 2.04. The smallest absolute Gasteiger partial charge is 0.0436 e. The molecule has 1 saturated carbocycles. The number of hydrogen-bond acceptors (Lipinski definition) is 3. The maximum Gasteiger partial charge on any atom is 0.0436 e. The first-order valence-electron chi connectivity index (χ1n) is 6.15. The summed E-state index contributed by atoms with van der Waals surface area (Å²) in [6.07, 6.45) is 3.50. The van der Waals surface area contributed by atoms with Crippen molar-refractivity contribution in [1.82, 2.24) is 5.32 Å². The first kappa shape index (κ1) is 12.9. The second-order valence-corrected chi connectivity index (χ2v) is 5.34. The molecule has 0 radical (unpaired) electrons. The largest absolute Gasteiger partial charge is 0.396 e. The highest BCUT2D eigenvalue weighted by atomic mass is 16.3. The molecule has 0 bridgehead atoms. The molecular weight excluding hydrogens is 188 g/mol. The molecule has 1 rings (SSSR count). The van der Waals surface area contributed by atoms with Gasteiger partial charge in [-0.25, -0.2) is 0 Å². The Labute approximate surface area is 93.4 Å². The summed E-state index contributed by atoms with van der Waals surface area (Å²) in [4.78, 5) is 0. The highest BCUT2D eigenvalue weighted by Crippen LogP contribution is 2.47. The number of aliphatic hydroxyl groups is 1. The topological polar surface area (TPSA) is 58.3 Å². The molecule has 3 nitrogen and oxygen atoms in total. The van der Waals surface area contributed by atoms with E-state index in [2.05, 4.69) is 19.2 Å². The molecule has 0 aromatic heterocycles. The molecule has 90 valence electrons. The standard InChI is InChI=1S/C12H26N2O/c1-10(2)11(7-13)8-14-9-12(3-4-12)5-6-15/h10-11,14-15H,3-9,13H2,1-2H3. The lowest BCUT2D eigenvalue weighted by Gasteiger charge is -2.21. The van der Waals surface area contributed by atoms with Crippen molar-refractivity contribution in [3.63, 3.8) is 0 Å². The molecule has 0 spiro atoms. The van der Waals surface area contributed by atoms with Gasteiger partial charge in [-0.3, -0.25) is 0 Å². The van der Waals surface area contributed by atoms with E-state index in [9.17, 15) is 0 Å². The summed E-state index contributed by atoms with van der Waals surface area (Å²) in [5, 5.41) is 12.5. The number of hydrogen-bond donors (Lipinski definition) is 3. The number of nitrogens with one attached hydrogen (secondary N) is 1. The summed E-state index contributed by atoms with van der Waals surface area (Å²) in [5.41, 5.74) is 6.14. The molecule has 1 aliphatic carbocycles. The van der Waals surface area contributed by atoms with Crippen LogP contribution in [-0.2, 0) is 0 Å². The van der Waals surface area contributed by atoms with E-state index in [1.807, 2.05) is 0 Å². The summed E-state index contributed by atoms with van der Waals surface area (Å²) in [7, 11) is 0. The van der Waals surface area contributed by atoms with Gasteiger partial charge in [-0.1, -0.05) is 13.8 Å². The van der Waals surface area contributed by atoms with Gasteiger partial charge < -0.3 is 16.2 Å². The van der Waals surface area contributed by atoms with Gasteiger partial charge in [0.25, 0.3) is 0 Å². The van der Waals surface area contributed by atoms with Crippen LogP contribution in [0.3, 0.4) is 0 Å². The van der Waals surface area contributed by atoms with E-state index in [0.29, 0.717) is 23.9 Å². The molecule has 1 aliphatic rings. The summed E-state index contributed by atoms with van der Waals surface area (Å²) < 4.78 is 0. The van der Waals surface area contributed by atoms with Crippen molar-refractivity contribution in [2.75, 3.05) is 26.2 Å². The highest BCUT2D eigenvalue weighted by Gasteiger charge is 2.41. The van der Waals surface area contributed by atoms with Crippen molar-refractivity contribution in [1.29, 1.82) is 0 Å². The summed E-state index contributed by atoms with van der Waals surface area (Å²) in [6.45, 7) is 7.60. The molecule has 0 aromatic carbocycles. The first-order valence-corrected chi connectivity index (χ1v) is 6.15. The minimum absolute atomic E-state index is 0.326. The third-order valence-corrected chi connectivity index (χ3v) is 3.75. The van der Waals surface area contributed by atoms with Crippen LogP contribution < -0.4 is 11.1 Å². The summed E-state index contributed by atoms with van der Waals surface area (Å²) >= 11 is 0. The normalized spacial score (nSPS) is 20.6. The van der Waals surface area contributed by atoms with Crippen molar-refractivity contribution in [2.24, 2.45) is 23.0 Å². The molecule has 0 amide bonds. The van der Waals surface area contributed by atoms with Gasteiger partial charge in [-0.15, -0.1) is 0 Å². The average molecular weight is 214 g/mol. The number of nitrogens with two attached hydrogens (primary N) is 1. The third-order valence-electron chi connectivity index (χ3n) is 3.75. The molecule has 3 heteroatoms. The molecule has 1 unspecified atom stereocenters. The van der Waals surface area contributed by atoms with E-state index in [-0.39, 0.29) is 0 Å². The predicted octanol–water partition coefficient (Wildman–Crippen LogP) is 0.969. The van der Waals surface area contributed by atoms with Crippen LogP contribution in [0.15, 0.2) is 0 Å².